The zero-order valence-electron chi connectivity index (χ0n) is 17.6. The molecule has 162 valence electrons. The number of hydrogen-bond donors (Lipinski definition) is 2. The van der Waals surface area contributed by atoms with E-state index in [4.69, 9.17) is 4.74 Å². The Balaban J connectivity index is 1.37. The lowest BCUT2D eigenvalue weighted by Gasteiger charge is -2.16. The molecule has 1 aliphatic rings. The molecule has 7 heteroatoms. The van der Waals surface area contributed by atoms with Gasteiger partial charge in [-0.15, -0.1) is 0 Å². The average molecular weight is 429 g/mol. The molecule has 0 aliphatic carbocycles. The van der Waals surface area contributed by atoms with Gasteiger partial charge in [-0.05, 0) is 48.5 Å². The third-order valence-corrected chi connectivity index (χ3v) is 5.33. The van der Waals surface area contributed by atoms with E-state index in [1.54, 1.807) is 48.4 Å². The molecular formula is C25H23N3O4. The van der Waals surface area contributed by atoms with Crippen molar-refractivity contribution in [2.75, 3.05) is 29.2 Å². The van der Waals surface area contributed by atoms with Crippen LogP contribution in [0.15, 0.2) is 78.9 Å². The van der Waals surface area contributed by atoms with E-state index in [1.807, 2.05) is 42.5 Å². The molecular weight excluding hydrogens is 406 g/mol. The van der Waals surface area contributed by atoms with Crippen LogP contribution in [0.4, 0.5) is 17.1 Å². The Morgan fingerprint density at radius 1 is 0.906 bits per heavy atom. The third-order valence-electron chi connectivity index (χ3n) is 5.33. The lowest BCUT2D eigenvalue weighted by molar-refractivity contribution is -0.122. The predicted molar refractivity (Wildman–Crippen MR) is 123 cm³/mol. The maximum absolute atomic E-state index is 12.7. The van der Waals surface area contributed by atoms with Gasteiger partial charge >= 0.3 is 0 Å². The number of ether oxygens (including phenoxy) is 1. The van der Waals surface area contributed by atoms with E-state index in [9.17, 15) is 14.4 Å². The summed E-state index contributed by atoms with van der Waals surface area (Å²) in [7, 11) is 1.54. The molecule has 1 fully saturated rings. The van der Waals surface area contributed by atoms with Crippen molar-refractivity contribution >= 4 is 34.8 Å². The number of nitrogens with one attached hydrogen (secondary N) is 2. The molecule has 0 aromatic heterocycles. The van der Waals surface area contributed by atoms with Crippen molar-refractivity contribution in [3.63, 3.8) is 0 Å². The van der Waals surface area contributed by atoms with Crippen molar-refractivity contribution in [1.82, 2.24) is 0 Å². The third kappa shape index (κ3) is 4.62. The lowest BCUT2D eigenvalue weighted by Crippen LogP contribution is -2.28. The molecule has 0 spiro atoms. The molecule has 1 unspecified atom stereocenters. The standard InChI is InChI=1S/C25H23N3O4/c1-32-22-10-6-5-9-21(22)27-24(30)17-11-13-19(14-12-17)26-25(31)18-15-23(29)28(16-18)20-7-3-2-4-8-20/h2-14,18H,15-16H2,1H3,(H,26,31)(H,27,30). The molecule has 0 bridgehead atoms. The number of rotatable bonds is 6. The van der Waals surface area contributed by atoms with Gasteiger partial charge in [0.2, 0.25) is 11.8 Å². The zero-order valence-corrected chi connectivity index (χ0v) is 17.6. The molecule has 0 radical (unpaired) electrons. The molecule has 7 nitrogen and oxygen atoms in total. The van der Waals surface area contributed by atoms with Gasteiger partial charge in [-0.25, -0.2) is 0 Å². The predicted octanol–water partition coefficient (Wildman–Crippen LogP) is 3.94. The van der Waals surface area contributed by atoms with Crippen LogP contribution in [0.5, 0.6) is 5.75 Å². The minimum absolute atomic E-state index is 0.0697. The number of hydrogen-bond acceptors (Lipinski definition) is 4. The number of benzene rings is 3. The van der Waals surface area contributed by atoms with Crippen LogP contribution in [0, 0.1) is 5.92 Å². The smallest absolute Gasteiger partial charge is 0.255 e. The van der Waals surface area contributed by atoms with Crippen molar-refractivity contribution in [2.24, 2.45) is 5.92 Å². The summed E-state index contributed by atoms with van der Waals surface area (Å²) in [4.78, 5) is 39.2. The fourth-order valence-corrected chi connectivity index (χ4v) is 3.63. The summed E-state index contributed by atoms with van der Waals surface area (Å²) in [5, 5.41) is 5.65. The summed E-state index contributed by atoms with van der Waals surface area (Å²) >= 11 is 0. The second kappa shape index (κ2) is 9.34. The van der Waals surface area contributed by atoms with Crippen molar-refractivity contribution in [1.29, 1.82) is 0 Å². The van der Waals surface area contributed by atoms with E-state index in [1.165, 1.54) is 0 Å². The maximum atomic E-state index is 12.7. The van der Waals surface area contributed by atoms with Crippen LogP contribution in [0.2, 0.25) is 0 Å². The van der Waals surface area contributed by atoms with Gasteiger partial charge in [-0.3, -0.25) is 14.4 Å². The van der Waals surface area contributed by atoms with Gasteiger partial charge in [-0.1, -0.05) is 30.3 Å². The highest BCUT2D eigenvalue weighted by atomic mass is 16.5. The quantitative estimate of drug-likeness (QED) is 0.621. The van der Waals surface area contributed by atoms with E-state index < -0.39 is 5.92 Å². The molecule has 3 amide bonds. The van der Waals surface area contributed by atoms with Gasteiger partial charge in [-0.2, -0.15) is 0 Å². The highest BCUT2D eigenvalue weighted by Gasteiger charge is 2.35. The fourth-order valence-electron chi connectivity index (χ4n) is 3.63. The summed E-state index contributed by atoms with van der Waals surface area (Å²) in [5.74, 6) is -0.438. The van der Waals surface area contributed by atoms with Crippen LogP contribution in [-0.2, 0) is 9.59 Å². The normalized spacial score (nSPS) is 15.3. The number of para-hydroxylation sites is 3. The summed E-state index contributed by atoms with van der Waals surface area (Å²) in [6.07, 6.45) is 0.167. The first kappa shape index (κ1) is 21.1. The Labute approximate surface area is 186 Å². The Morgan fingerprint density at radius 2 is 1.59 bits per heavy atom. The first-order valence-corrected chi connectivity index (χ1v) is 10.3. The lowest BCUT2D eigenvalue weighted by atomic mass is 10.1. The number of methoxy groups -OCH3 is 1. The van der Waals surface area contributed by atoms with E-state index in [0.717, 1.165) is 5.69 Å². The van der Waals surface area contributed by atoms with Crippen LogP contribution in [0.3, 0.4) is 0 Å². The number of carbonyl (C=O) groups excluding carboxylic acids is 3. The van der Waals surface area contributed by atoms with Crippen molar-refractivity contribution < 1.29 is 19.1 Å². The molecule has 1 saturated heterocycles. The zero-order chi connectivity index (χ0) is 22.5. The Kier molecular flexibility index (Phi) is 6.17. The van der Waals surface area contributed by atoms with Crippen LogP contribution >= 0.6 is 0 Å². The van der Waals surface area contributed by atoms with Crippen LogP contribution in [0.25, 0.3) is 0 Å². The van der Waals surface area contributed by atoms with E-state index >= 15 is 0 Å². The van der Waals surface area contributed by atoms with E-state index in [-0.39, 0.29) is 24.1 Å². The molecule has 1 aliphatic heterocycles. The first-order valence-electron chi connectivity index (χ1n) is 10.3. The Bertz CT molecular complexity index is 1130. The SMILES string of the molecule is COc1ccccc1NC(=O)c1ccc(NC(=O)C2CC(=O)N(c3ccccc3)C2)cc1. The minimum Gasteiger partial charge on any atom is -0.495 e. The van der Waals surface area contributed by atoms with Gasteiger partial charge in [0.25, 0.3) is 5.91 Å². The molecule has 2 N–H and O–H groups in total. The summed E-state index contributed by atoms with van der Waals surface area (Å²) in [6.45, 7) is 0.341. The highest BCUT2D eigenvalue weighted by molar-refractivity contribution is 6.06. The first-order chi connectivity index (χ1) is 15.5. The second-order valence-electron chi connectivity index (χ2n) is 7.46. The molecule has 3 aromatic rings. The molecule has 1 heterocycles. The number of amides is 3. The largest absolute Gasteiger partial charge is 0.495 e. The molecule has 3 aromatic carbocycles. The van der Waals surface area contributed by atoms with Gasteiger partial charge in [0.1, 0.15) is 5.75 Å². The van der Waals surface area contributed by atoms with Crippen LogP contribution in [0.1, 0.15) is 16.8 Å². The molecule has 1 atom stereocenters. The summed E-state index contributed by atoms with van der Waals surface area (Å²) in [6, 6.07) is 23.1. The van der Waals surface area contributed by atoms with E-state index in [0.29, 0.717) is 29.2 Å². The van der Waals surface area contributed by atoms with Crippen molar-refractivity contribution in [2.45, 2.75) is 6.42 Å². The van der Waals surface area contributed by atoms with Gasteiger partial charge < -0.3 is 20.3 Å². The van der Waals surface area contributed by atoms with Crippen molar-refractivity contribution in [3.05, 3.63) is 84.4 Å². The summed E-state index contributed by atoms with van der Waals surface area (Å²) in [5.41, 5.74) is 2.37. The fraction of sp³-hybridized carbons (Fsp3) is 0.160. The Morgan fingerprint density at radius 3 is 2.31 bits per heavy atom. The van der Waals surface area contributed by atoms with Crippen LogP contribution in [-0.4, -0.2) is 31.4 Å². The van der Waals surface area contributed by atoms with Gasteiger partial charge in [0.05, 0.1) is 18.7 Å². The Hall–Kier alpha value is -4.13. The average Bonchev–Trinajstić information content (AvgIpc) is 3.22. The maximum Gasteiger partial charge on any atom is 0.255 e. The number of anilines is 3. The monoisotopic (exact) mass is 429 g/mol. The number of carbonyl (C=O) groups is 3. The van der Waals surface area contributed by atoms with Crippen LogP contribution < -0.4 is 20.3 Å². The second-order valence-corrected chi connectivity index (χ2v) is 7.46. The van der Waals surface area contributed by atoms with E-state index in [2.05, 4.69) is 10.6 Å². The van der Waals surface area contributed by atoms with Crippen molar-refractivity contribution in [3.8, 4) is 5.75 Å². The molecule has 4 rings (SSSR count). The minimum atomic E-state index is -0.434. The number of nitrogens with zero attached hydrogens (tertiary/aromatic N) is 1. The highest BCUT2D eigenvalue weighted by Crippen LogP contribution is 2.26. The van der Waals surface area contributed by atoms with Gasteiger partial charge in [0, 0.05) is 29.9 Å². The topological polar surface area (TPSA) is 87.7 Å². The molecule has 0 saturated carbocycles. The summed E-state index contributed by atoms with van der Waals surface area (Å²) < 4.78 is 5.25. The molecule has 32 heavy (non-hydrogen) atoms. The van der Waals surface area contributed by atoms with Gasteiger partial charge in [0.15, 0.2) is 0 Å².